The maximum absolute atomic E-state index is 12.8. The zero-order valence-electron chi connectivity index (χ0n) is 17.0. The Labute approximate surface area is 190 Å². The normalized spacial score (nSPS) is 17.0. The Balaban J connectivity index is 1.27. The molecule has 2 amide bonds. The molecule has 0 aliphatic carbocycles. The molecule has 3 aromatic rings. The van der Waals surface area contributed by atoms with Crippen molar-refractivity contribution in [2.75, 3.05) is 23.6 Å². The quantitative estimate of drug-likeness (QED) is 0.579. The van der Waals surface area contributed by atoms with E-state index in [9.17, 15) is 18.4 Å². The molecule has 170 valence electrons. The average Bonchev–Trinajstić information content (AvgIpc) is 3.53. The number of rotatable bonds is 6. The third kappa shape index (κ3) is 4.31. The van der Waals surface area contributed by atoms with Gasteiger partial charge in [0.2, 0.25) is 18.6 Å². The number of nitrogens with one attached hydrogen (secondary N) is 1. The molecule has 1 atom stereocenters. The van der Waals surface area contributed by atoms with Gasteiger partial charge in [-0.15, -0.1) is 11.3 Å². The molecule has 0 saturated carbocycles. The molecule has 3 heterocycles. The molecule has 2 aliphatic rings. The van der Waals surface area contributed by atoms with Crippen LogP contribution in [0.15, 0.2) is 47.8 Å². The zero-order valence-corrected chi connectivity index (χ0v) is 17.8. The predicted molar refractivity (Wildman–Crippen MR) is 116 cm³/mol. The first-order valence-corrected chi connectivity index (χ1v) is 10.9. The second-order valence-corrected chi connectivity index (χ2v) is 8.20. The summed E-state index contributed by atoms with van der Waals surface area (Å²) in [5.74, 6) is 0.0806. The molecule has 1 fully saturated rings. The molecule has 8 nitrogen and oxygen atoms in total. The summed E-state index contributed by atoms with van der Waals surface area (Å²) in [7, 11) is 0. The summed E-state index contributed by atoms with van der Waals surface area (Å²) in [6, 6.07) is 11.5. The summed E-state index contributed by atoms with van der Waals surface area (Å²) in [5.41, 5.74) is 1.42. The van der Waals surface area contributed by atoms with Crippen molar-refractivity contribution < 1.29 is 32.6 Å². The van der Waals surface area contributed by atoms with Crippen LogP contribution >= 0.6 is 11.3 Å². The second-order valence-electron chi connectivity index (χ2n) is 7.34. The first kappa shape index (κ1) is 21.1. The number of hydrogen-bond acceptors (Lipinski definition) is 7. The van der Waals surface area contributed by atoms with E-state index in [2.05, 4.69) is 15.0 Å². The molecule has 2 aliphatic heterocycles. The molecule has 1 N–H and O–H groups in total. The van der Waals surface area contributed by atoms with Gasteiger partial charge in [-0.05, 0) is 24.3 Å². The van der Waals surface area contributed by atoms with Crippen molar-refractivity contribution in [2.45, 2.75) is 13.0 Å². The van der Waals surface area contributed by atoms with Crippen LogP contribution in [0.2, 0.25) is 0 Å². The standard InChI is InChI=1S/C22H17F2N3O5S/c23-21(24)32-16-4-2-1-3-14(16)15-10-33-22(25-15)26-20(29)12-7-19(28)27(9-12)13-5-6-17-18(8-13)31-11-30-17/h1-6,8,10,12,21H,7,9,11H2,(H,25,26,29). The van der Waals surface area contributed by atoms with E-state index in [1.54, 1.807) is 41.8 Å². The number of carbonyl (C=O) groups is 2. The number of hydrogen-bond donors (Lipinski definition) is 1. The van der Waals surface area contributed by atoms with Gasteiger partial charge >= 0.3 is 6.61 Å². The van der Waals surface area contributed by atoms with E-state index in [0.717, 1.165) is 11.3 Å². The number of nitrogens with zero attached hydrogens (tertiary/aromatic N) is 2. The third-order valence-corrected chi connectivity index (χ3v) is 6.03. The minimum absolute atomic E-state index is 0.00330. The van der Waals surface area contributed by atoms with E-state index in [1.165, 1.54) is 11.0 Å². The van der Waals surface area contributed by atoms with Gasteiger partial charge in [0, 0.05) is 35.7 Å². The SMILES string of the molecule is O=C(Nc1nc(-c2ccccc2OC(F)F)cs1)C1CC(=O)N(c2ccc3c(c2)OCO3)C1. The summed E-state index contributed by atoms with van der Waals surface area (Å²) in [6.45, 7) is -2.61. The molecular formula is C22H17F2N3O5S. The molecule has 1 aromatic heterocycles. The van der Waals surface area contributed by atoms with E-state index in [0.29, 0.717) is 33.6 Å². The topological polar surface area (TPSA) is 90.0 Å². The average molecular weight is 473 g/mol. The van der Waals surface area contributed by atoms with Crippen LogP contribution in [0.1, 0.15) is 6.42 Å². The van der Waals surface area contributed by atoms with E-state index in [-0.39, 0.29) is 37.3 Å². The number of benzene rings is 2. The number of carbonyl (C=O) groups excluding carboxylic acids is 2. The van der Waals surface area contributed by atoms with Gasteiger partial charge in [-0.1, -0.05) is 12.1 Å². The highest BCUT2D eigenvalue weighted by atomic mass is 32.1. The van der Waals surface area contributed by atoms with E-state index in [4.69, 9.17) is 9.47 Å². The lowest BCUT2D eigenvalue weighted by Gasteiger charge is -2.17. The molecule has 0 spiro atoms. The Morgan fingerprint density at radius 3 is 2.88 bits per heavy atom. The number of alkyl halides is 2. The largest absolute Gasteiger partial charge is 0.454 e. The van der Waals surface area contributed by atoms with Crippen molar-refractivity contribution in [1.29, 1.82) is 0 Å². The van der Waals surface area contributed by atoms with Crippen molar-refractivity contribution in [1.82, 2.24) is 4.98 Å². The van der Waals surface area contributed by atoms with Crippen molar-refractivity contribution in [3.05, 3.63) is 47.8 Å². The predicted octanol–water partition coefficient (Wildman–Crippen LogP) is 4.13. The van der Waals surface area contributed by atoms with Gasteiger partial charge in [0.05, 0.1) is 11.6 Å². The molecule has 11 heteroatoms. The summed E-state index contributed by atoms with van der Waals surface area (Å²) in [4.78, 5) is 31.2. The number of anilines is 2. The lowest BCUT2D eigenvalue weighted by atomic mass is 10.1. The van der Waals surface area contributed by atoms with Gasteiger partial charge in [-0.3, -0.25) is 9.59 Å². The van der Waals surface area contributed by atoms with Gasteiger partial charge in [0.15, 0.2) is 16.6 Å². The van der Waals surface area contributed by atoms with Crippen LogP contribution in [-0.4, -0.2) is 36.7 Å². The monoisotopic (exact) mass is 473 g/mol. The highest BCUT2D eigenvalue weighted by molar-refractivity contribution is 7.14. The van der Waals surface area contributed by atoms with Crippen molar-refractivity contribution in [3.8, 4) is 28.5 Å². The molecule has 5 rings (SSSR count). The number of para-hydroxylation sites is 1. The van der Waals surface area contributed by atoms with Gasteiger partial charge in [-0.25, -0.2) is 4.98 Å². The molecule has 1 saturated heterocycles. The molecule has 0 bridgehead atoms. The maximum Gasteiger partial charge on any atom is 0.387 e. The smallest absolute Gasteiger partial charge is 0.387 e. The number of fused-ring (bicyclic) bond motifs is 1. The third-order valence-electron chi connectivity index (χ3n) is 5.28. The van der Waals surface area contributed by atoms with E-state index >= 15 is 0 Å². The summed E-state index contributed by atoms with van der Waals surface area (Å²) in [6.07, 6.45) is 0.0591. The first-order valence-electron chi connectivity index (χ1n) is 9.98. The summed E-state index contributed by atoms with van der Waals surface area (Å²) >= 11 is 1.16. The lowest BCUT2D eigenvalue weighted by molar-refractivity contribution is -0.122. The number of halogens is 2. The van der Waals surface area contributed by atoms with Crippen LogP contribution in [0.5, 0.6) is 17.2 Å². The van der Waals surface area contributed by atoms with Gasteiger partial charge in [0.1, 0.15) is 5.75 Å². The minimum atomic E-state index is -2.96. The lowest BCUT2D eigenvalue weighted by Crippen LogP contribution is -2.28. The van der Waals surface area contributed by atoms with Crippen LogP contribution in [0, 0.1) is 5.92 Å². The Morgan fingerprint density at radius 2 is 2.03 bits per heavy atom. The molecule has 0 radical (unpaired) electrons. The Morgan fingerprint density at radius 1 is 1.21 bits per heavy atom. The maximum atomic E-state index is 12.8. The molecule has 2 aromatic carbocycles. The second kappa shape index (κ2) is 8.66. The van der Waals surface area contributed by atoms with Crippen molar-refractivity contribution in [2.24, 2.45) is 5.92 Å². The van der Waals surface area contributed by atoms with E-state index in [1.807, 2.05) is 0 Å². The van der Waals surface area contributed by atoms with Gasteiger partial charge in [0.25, 0.3) is 0 Å². The zero-order chi connectivity index (χ0) is 22.9. The van der Waals surface area contributed by atoms with Crippen LogP contribution < -0.4 is 24.4 Å². The number of thiazole rings is 1. The van der Waals surface area contributed by atoms with Crippen molar-refractivity contribution >= 4 is 34.0 Å². The molecular weight excluding hydrogens is 456 g/mol. The minimum Gasteiger partial charge on any atom is -0.454 e. The van der Waals surface area contributed by atoms with Crippen LogP contribution in [-0.2, 0) is 9.59 Å². The fourth-order valence-corrected chi connectivity index (χ4v) is 4.44. The highest BCUT2D eigenvalue weighted by Gasteiger charge is 2.36. The fourth-order valence-electron chi connectivity index (χ4n) is 3.73. The van der Waals surface area contributed by atoms with Crippen molar-refractivity contribution in [3.63, 3.8) is 0 Å². The van der Waals surface area contributed by atoms with Crippen LogP contribution in [0.4, 0.5) is 19.6 Å². The number of ether oxygens (including phenoxy) is 3. The number of aromatic nitrogens is 1. The van der Waals surface area contributed by atoms with Crippen LogP contribution in [0.25, 0.3) is 11.3 Å². The Bertz CT molecular complexity index is 1220. The summed E-state index contributed by atoms with van der Waals surface area (Å²) < 4.78 is 40.5. The van der Waals surface area contributed by atoms with E-state index < -0.39 is 12.5 Å². The number of amides is 2. The molecule has 33 heavy (non-hydrogen) atoms. The highest BCUT2D eigenvalue weighted by Crippen LogP contribution is 2.37. The van der Waals surface area contributed by atoms with Crippen LogP contribution in [0.3, 0.4) is 0 Å². The fraction of sp³-hybridized carbons (Fsp3) is 0.227. The van der Waals surface area contributed by atoms with Gasteiger partial charge in [-0.2, -0.15) is 8.78 Å². The Hall–Kier alpha value is -3.73. The van der Waals surface area contributed by atoms with Gasteiger partial charge < -0.3 is 24.4 Å². The summed E-state index contributed by atoms with van der Waals surface area (Å²) in [5, 5.41) is 4.67. The first-order chi connectivity index (χ1) is 16.0. The Kier molecular flexibility index (Phi) is 5.55. The molecule has 1 unspecified atom stereocenters.